The van der Waals surface area contributed by atoms with Crippen LogP contribution in [-0.2, 0) is 6.54 Å². The molecule has 0 spiro atoms. The monoisotopic (exact) mass is 277 g/mol. The van der Waals surface area contributed by atoms with Crippen molar-refractivity contribution in [2.24, 2.45) is 0 Å². The van der Waals surface area contributed by atoms with E-state index in [0.717, 1.165) is 17.1 Å². The van der Waals surface area contributed by atoms with Gasteiger partial charge < -0.3 is 5.32 Å². The SMILES string of the molecule is CNCc1ccc(Sc2cccc(C)c2)cc1Cl. The Morgan fingerprint density at radius 2 is 1.89 bits per heavy atom. The predicted octanol–water partition coefficient (Wildman–Crippen LogP) is 4.52. The lowest BCUT2D eigenvalue weighted by Crippen LogP contribution is -2.05. The zero-order chi connectivity index (χ0) is 13.0. The van der Waals surface area contributed by atoms with E-state index in [0.29, 0.717) is 0 Å². The Balaban J connectivity index is 2.17. The molecule has 2 aromatic carbocycles. The molecule has 0 radical (unpaired) electrons. The molecule has 18 heavy (non-hydrogen) atoms. The largest absolute Gasteiger partial charge is 0.316 e. The van der Waals surface area contributed by atoms with Gasteiger partial charge in [0, 0.05) is 21.4 Å². The van der Waals surface area contributed by atoms with E-state index in [9.17, 15) is 0 Å². The summed E-state index contributed by atoms with van der Waals surface area (Å²) in [5.74, 6) is 0. The standard InChI is InChI=1S/C15H16ClNS/c1-11-4-3-5-13(8-11)18-14-7-6-12(10-17-2)15(16)9-14/h3-9,17H,10H2,1-2H3. The van der Waals surface area contributed by atoms with E-state index >= 15 is 0 Å². The molecule has 0 aliphatic rings. The number of rotatable bonds is 4. The number of hydrogen-bond acceptors (Lipinski definition) is 2. The minimum absolute atomic E-state index is 0.800. The second-order valence-corrected chi connectivity index (χ2v) is 5.76. The maximum atomic E-state index is 6.25. The molecule has 0 atom stereocenters. The molecule has 0 amide bonds. The topological polar surface area (TPSA) is 12.0 Å². The fourth-order valence-electron chi connectivity index (χ4n) is 1.74. The summed E-state index contributed by atoms with van der Waals surface area (Å²) in [6, 6.07) is 14.7. The molecule has 0 aromatic heterocycles. The summed E-state index contributed by atoms with van der Waals surface area (Å²) in [7, 11) is 1.92. The first-order valence-corrected chi connectivity index (χ1v) is 7.06. The molecular formula is C15H16ClNS. The molecule has 0 aliphatic heterocycles. The molecule has 3 heteroatoms. The molecule has 1 nitrogen and oxygen atoms in total. The maximum Gasteiger partial charge on any atom is 0.0462 e. The summed E-state index contributed by atoms with van der Waals surface area (Å²) in [5.41, 5.74) is 2.41. The molecule has 0 fully saturated rings. The Bertz CT molecular complexity index is 540. The average molecular weight is 278 g/mol. The van der Waals surface area contributed by atoms with E-state index in [1.807, 2.05) is 13.1 Å². The third-order valence-corrected chi connectivity index (χ3v) is 3.95. The quantitative estimate of drug-likeness (QED) is 0.882. The van der Waals surface area contributed by atoms with Gasteiger partial charge in [0.15, 0.2) is 0 Å². The third kappa shape index (κ3) is 3.52. The summed E-state index contributed by atoms with van der Waals surface area (Å²) in [4.78, 5) is 2.41. The number of nitrogens with one attached hydrogen (secondary N) is 1. The fourth-order valence-corrected chi connectivity index (χ4v) is 3.03. The highest BCUT2D eigenvalue weighted by Crippen LogP contribution is 2.31. The van der Waals surface area contributed by atoms with Crippen LogP contribution in [0, 0.1) is 6.92 Å². The first-order valence-electron chi connectivity index (χ1n) is 5.86. The second-order valence-electron chi connectivity index (χ2n) is 4.20. The van der Waals surface area contributed by atoms with E-state index in [2.05, 4.69) is 48.6 Å². The molecule has 0 heterocycles. The van der Waals surface area contributed by atoms with Gasteiger partial charge >= 0.3 is 0 Å². The summed E-state index contributed by atoms with van der Waals surface area (Å²) < 4.78 is 0. The average Bonchev–Trinajstić information content (AvgIpc) is 2.33. The van der Waals surface area contributed by atoms with E-state index < -0.39 is 0 Å². The van der Waals surface area contributed by atoms with Crippen LogP contribution in [0.2, 0.25) is 5.02 Å². The maximum absolute atomic E-state index is 6.25. The lowest BCUT2D eigenvalue weighted by molar-refractivity contribution is 0.817. The molecule has 2 rings (SSSR count). The summed E-state index contributed by atoms with van der Waals surface area (Å²) >= 11 is 7.99. The van der Waals surface area contributed by atoms with Gasteiger partial charge in [-0.05, 0) is 43.8 Å². The Kier molecular flexibility index (Phi) is 4.70. The molecular weight excluding hydrogens is 262 g/mol. The van der Waals surface area contributed by atoms with Gasteiger partial charge in [-0.1, -0.05) is 47.1 Å². The first-order chi connectivity index (χ1) is 8.69. The van der Waals surface area contributed by atoms with Crippen LogP contribution in [0.15, 0.2) is 52.3 Å². The van der Waals surface area contributed by atoms with Crippen molar-refractivity contribution in [1.82, 2.24) is 5.32 Å². The Hall–Kier alpha value is -0.960. The van der Waals surface area contributed by atoms with Crippen LogP contribution in [0.5, 0.6) is 0 Å². The van der Waals surface area contributed by atoms with Gasteiger partial charge in [0.1, 0.15) is 0 Å². The Morgan fingerprint density at radius 1 is 1.11 bits per heavy atom. The highest BCUT2D eigenvalue weighted by Gasteiger charge is 2.03. The summed E-state index contributed by atoms with van der Waals surface area (Å²) in [5, 5.41) is 3.93. The van der Waals surface area contributed by atoms with Crippen LogP contribution in [0.4, 0.5) is 0 Å². The third-order valence-electron chi connectivity index (χ3n) is 2.62. The van der Waals surface area contributed by atoms with Crippen molar-refractivity contribution in [3.63, 3.8) is 0 Å². The Labute approximate surface area is 118 Å². The van der Waals surface area contributed by atoms with Gasteiger partial charge in [0.2, 0.25) is 0 Å². The number of halogens is 1. The highest BCUT2D eigenvalue weighted by molar-refractivity contribution is 7.99. The minimum atomic E-state index is 0.800. The lowest BCUT2D eigenvalue weighted by Gasteiger charge is -2.07. The van der Waals surface area contributed by atoms with Crippen molar-refractivity contribution < 1.29 is 0 Å². The van der Waals surface area contributed by atoms with Gasteiger partial charge in [-0.2, -0.15) is 0 Å². The van der Waals surface area contributed by atoms with E-state index in [1.165, 1.54) is 15.4 Å². The molecule has 94 valence electrons. The van der Waals surface area contributed by atoms with Gasteiger partial charge in [-0.15, -0.1) is 0 Å². The Morgan fingerprint density at radius 3 is 2.56 bits per heavy atom. The van der Waals surface area contributed by atoms with Gasteiger partial charge in [0.05, 0.1) is 0 Å². The second kappa shape index (κ2) is 6.28. The number of benzene rings is 2. The number of aryl methyl sites for hydroxylation is 1. The first kappa shape index (κ1) is 13.5. The zero-order valence-corrected chi connectivity index (χ0v) is 12.1. The van der Waals surface area contributed by atoms with Crippen LogP contribution < -0.4 is 5.32 Å². The van der Waals surface area contributed by atoms with Crippen molar-refractivity contribution >= 4 is 23.4 Å². The molecule has 0 bridgehead atoms. The smallest absolute Gasteiger partial charge is 0.0462 e. The molecule has 0 saturated heterocycles. The lowest BCUT2D eigenvalue weighted by atomic mass is 10.2. The summed E-state index contributed by atoms with van der Waals surface area (Å²) in [6.07, 6.45) is 0. The van der Waals surface area contributed by atoms with Crippen LogP contribution in [0.25, 0.3) is 0 Å². The van der Waals surface area contributed by atoms with Gasteiger partial charge in [0.25, 0.3) is 0 Å². The van der Waals surface area contributed by atoms with Gasteiger partial charge in [-0.25, -0.2) is 0 Å². The predicted molar refractivity (Wildman–Crippen MR) is 79.5 cm³/mol. The van der Waals surface area contributed by atoms with Crippen molar-refractivity contribution in [3.05, 3.63) is 58.6 Å². The summed E-state index contributed by atoms with van der Waals surface area (Å²) in [6.45, 7) is 2.90. The van der Waals surface area contributed by atoms with Crippen molar-refractivity contribution in [3.8, 4) is 0 Å². The van der Waals surface area contributed by atoms with Crippen LogP contribution in [0.3, 0.4) is 0 Å². The normalized spacial score (nSPS) is 10.6. The fraction of sp³-hybridized carbons (Fsp3) is 0.200. The van der Waals surface area contributed by atoms with E-state index in [-0.39, 0.29) is 0 Å². The molecule has 0 aliphatic carbocycles. The molecule has 0 unspecified atom stereocenters. The van der Waals surface area contributed by atoms with Crippen LogP contribution in [-0.4, -0.2) is 7.05 Å². The zero-order valence-electron chi connectivity index (χ0n) is 10.5. The van der Waals surface area contributed by atoms with E-state index in [4.69, 9.17) is 11.6 Å². The van der Waals surface area contributed by atoms with Crippen molar-refractivity contribution in [1.29, 1.82) is 0 Å². The van der Waals surface area contributed by atoms with Crippen molar-refractivity contribution in [2.75, 3.05) is 7.05 Å². The van der Waals surface area contributed by atoms with Crippen molar-refractivity contribution in [2.45, 2.75) is 23.3 Å². The highest BCUT2D eigenvalue weighted by atomic mass is 35.5. The van der Waals surface area contributed by atoms with Crippen LogP contribution >= 0.6 is 23.4 Å². The molecule has 1 N–H and O–H groups in total. The molecule has 0 saturated carbocycles. The number of hydrogen-bond donors (Lipinski definition) is 1. The van der Waals surface area contributed by atoms with Crippen LogP contribution in [0.1, 0.15) is 11.1 Å². The molecule has 2 aromatic rings. The van der Waals surface area contributed by atoms with E-state index in [1.54, 1.807) is 11.8 Å². The van der Waals surface area contributed by atoms with Gasteiger partial charge in [-0.3, -0.25) is 0 Å². The minimum Gasteiger partial charge on any atom is -0.316 e.